The molecule has 1 aliphatic rings. The predicted molar refractivity (Wildman–Crippen MR) is 122 cm³/mol. The van der Waals surface area contributed by atoms with E-state index in [4.69, 9.17) is 0 Å². The Morgan fingerprint density at radius 1 is 1.17 bits per heavy atom. The molecule has 30 heavy (non-hydrogen) atoms. The average molecular weight is 519 g/mol. The minimum atomic E-state index is -0.625. The minimum absolute atomic E-state index is 0.0519. The maximum absolute atomic E-state index is 16.1. The summed E-state index contributed by atoms with van der Waals surface area (Å²) in [7, 11) is 0. The van der Waals surface area contributed by atoms with Gasteiger partial charge in [-0.2, -0.15) is 0 Å². The van der Waals surface area contributed by atoms with Crippen molar-refractivity contribution in [3.8, 4) is 16.8 Å². The minimum Gasteiger partial charge on any atom is -0.371 e. The second-order valence-electron chi connectivity index (χ2n) is 8.19. The number of fused-ring (bicyclic) bond motifs is 4. The molecule has 4 aromatic rings. The smallest absolute Gasteiger partial charge is 0.162 e. The maximum Gasteiger partial charge on any atom is 0.162 e. The molecule has 0 aliphatic carbocycles. The molecule has 0 unspecified atom stereocenters. The fourth-order valence-electron chi connectivity index (χ4n) is 4.29. The van der Waals surface area contributed by atoms with Gasteiger partial charge >= 0.3 is 0 Å². The molecule has 0 bridgehead atoms. The van der Waals surface area contributed by atoms with Gasteiger partial charge < -0.3 is 10.3 Å². The average Bonchev–Trinajstić information content (AvgIpc) is 3.26. The Labute approximate surface area is 186 Å². The number of aromatic nitrogens is 4. The van der Waals surface area contributed by atoms with Gasteiger partial charge in [0.25, 0.3) is 0 Å². The van der Waals surface area contributed by atoms with Crippen LogP contribution < -0.4 is 5.32 Å². The summed E-state index contributed by atoms with van der Waals surface area (Å²) in [5, 5.41) is 12.7. The van der Waals surface area contributed by atoms with Crippen LogP contribution in [0.2, 0.25) is 0 Å². The molecule has 8 heteroatoms. The van der Waals surface area contributed by atoms with Crippen LogP contribution in [0.15, 0.2) is 24.4 Å². The number of benzene rings is 2. The van der Waals surface area contributed by atoms with E-state index in [0.29, 0.717) is 34.8 Å². The van der Waals surface area contributed by atoms with Gasteiger partial charge in [-0.25, -0.2) is 8.78 Å². The first-order valence-electron chi connectivity index (χ1n) is 9.76. The van der Waals surface area contributed by atoms with Gasteiger partial charge in [0, 0.05) is 33.2 Å². The van der Waals surface area contributed by atoms with Crippen LogP contribution in [0.25, 0.3) is 27.7 Å². The van der Waals surface area contributed by atoms with E-state index >= 15 is 8.78 Å². The van der Waals surface area contributed by atoms with Gasteiger partial charge in [0.05, 0.1) is 22.3 Å². The van der Waals surface area contributed by atoms with Crippen LogP contribution in [-0.2, 0) is 12.0 Å². The summed E-state index contributed by atoms with van der Waals surface area (Å²) in [5.74, 6) is 0.00843. The highest BCUT2D eigenvalue weighted by Gasteiger charge is 2.37. The highest BCUT2D eigenvalue weighted by molar-refractivity contribution is 14.1. The van der Waals surface area contributed by atoms with Crippen molar-refractivity contribution < 1.29 is 8.78 Å². The lowest BCUT2D eigenvalue weighted by Gasteiger charge is -2.34. The molecule has 154 valence electrons. The molecule has 2 aromatic carbocycles. The second kappa shape index (κ2) is 6.50. The van der Waals surface area contributed by atoms with Crippen LogP contribution in [0.1, 0.15) is 38.0 Å². The van der Waals surface area contributed by atoms with Crippen LogP contribution in [0.5, 0.6) is 0 Å². The normalized spacial score (nSPS) is 14.5. The monoisotopic (exact) mass is 519 g/mol. The van der Waals surface area contributed by atoms with Gasteiger partial charge in [0.15, 0.2) is 11.6 Å². The third kappa shape index (κ3) is 2.62. The van der Waals surface area contributed by atoms with Crippen molar-refractivity contribution in [1.29, 1.82) is 0 Å². The Morgan fingerprint density at radius 2 is 1.93 bits per heavy atom. The van der Waals surface area contributed by atoms with E-state index in [9.17, 15) is 0 Å². The Balaban J connectivity index is 1.87. The number of aryl methyl sites for hydroxylation is 2. The van der Waals surface area contributed by atoms with Crippen LogP contribution in [-0.4, -0.2) is 19.7 Å². The summed E-state index contributed by atoms with van der Waals surface area (Å²) in [6, 6.07) is 5.21. The number of aromatic amines is 1. The van der Waals surface area contributed by atoms with Crippen molar-refractivity contribution in [3.63, 3.8) is 0 Å². The van der Waals surface area contributed by atoms with Crippen LogP contribution in [0, 0.1) is 22.1 Å². The van der Waals surface area contributed by atoms with Crippen molar-refractivity contribution in [2.45, 2.75) is 39.7 Å². The molecule has 0 saturated heterocycles. The molecule has 0 fully saturated rings. The summed E-state index contributed by atoms with van der Waals surface area (Å²) in [6.45, 7) is 7.71. The van der Waals surface area contributed by atoms with E-state index in [0.717, 1.165) is 14.5 Å². The fourth-order valence-corrected chi connectivity index (χ4v) is 4.87. The van der Waals surface area contributed by atoms with Gasteiger partial charge in [-0.05, 0) is 61.1 Å². The van der Waals surface area contributed by atoms with E-state index < -0.39 is 17.2 Å². The van der Waals surface area contributed by atoms with E-state index in [1.165, 1.54) is 6.07 Å². The molecule has 5 nitrogen and oxygen atoms in total. The highest BCUT2D eigenvalue weighted by atomic mass is 127. The zero-order valence-corrected chi connectivity index (χ0v) is 19.1. The molecule has 3 heterocycles. The first-order chi connectivity index (χ1) is 14.2. The molecular weight excluding hydrogens is 499 g/mol. The Hall–Kier alpha value is -2.49. The number of rotatable bonds is 2. The standard InChI is InChI=1S/C22H20F2IN5/c1-5-16-28-29-21-22(3,4)27-15-8-13(23)17(18(24)20(15)30(16)21)12-7-10(2)6-11-14(25)9-26-19(11)12/h6-9,26-27H,5H2,1-4H3. The van der Waals surface area contributed by atoms with Crippen molar-refractivity contribution in [2.24, 2.45) is 0 Å². The summed E-state index contributed by atoms with van der Waals surface area (Å²) >= 11 is 2.22. The molecule has 0 saturated carbocycles. The molecular formula is C22H20F2IN5. The molecule has 0 atom stereocenters. The number of halogens is 3. The molecule has 0 radical (unpaired) electrons. The summed E-state index contributed by atoms with van der Waals surface area (Å²) in [5.41, 5.74) is 2.15. The van der Waals surface area contributed by atoms with E-state index in [1.807, 2.05) is 46.0 Å². The summed E-state index contributed by atoms with van der Waals surface area (Å²) in [6.07, 6.45) is 2.43. The largest absolute Gasteiger partial charge is 0.371 e. The van der Waals surface area contributed by atoms with Gasteiger partial charge in [-0.15, -0.1) is 10.2 Å². The number of hydrogen-bond donors (Lipinski definition) is 2. The van der Waals surface area contributed by atoms with Gasteiger partial charge in [0.2, 0.25) is 0 Å². The van der Waals surface area contributed by atoms with Crippen molar-refractivity contribution >= 4 is 39.2 Å². The first kappa shape index (κ1) is 19.5. The first-order valence-corrected chi connectivity index (χ1v) is 10.8. The van der Waals surface area contributed by atoms with E-state index in [1.54, 1.807) is 4.57 Å². The van der Waals surface area contributed by atoms with Crippen molar-refractivity contribution in [1.82, 2.24) is 19.7 Å². The topological polar surface area (TPSA) is 58.5 Å². The lowest BCUT2D eigenvalue weighted by Crippen LogP contribution is -2.36. The highest BCUT2D eigenvalue weighted by Crippen LogP contribution is 2.44. The zero-order chi connectivity index (χ0) is 21.4. The summed E-state index contributed by atoms with van der Waals surface area (Å²) in [4.78, 5) is 3.18. The summed E-state index contributed by atoms with van der Waals surface area (Å²) < 4.78 is 34.2. The third-order valence-corrected chi connectivity index (χ3v) is 6.51. The third-order valence-electron chi connectivity index (χ3n) is 5.62. The van der Waals surface area contributed by atoms with Crippen LogP contribution in [0.4, 0.5) is 14.5 Å². The fraction of sp³-hybridized carbons (Fsp3) is 0.273. The molecule has 5 rings (SSSR count). The molecule has 0 amide bonds. The number of nitrogens with one attached hydrogen (secondary N) is 2. The van der Waals surface area contributed by atoms with Gasteiger partial charge in [0.1, 0.15) is 17.3 Å². The predicted octanol–water partition coefficient (Wildman–Crippen LogP) is 5.83. The second-order valence-corrected chi connectivity index (χ2v) is 9.36. The number of H-pyrrole nitrogens is 1. The van der Waals surface area contributed by atoms with Gasteiger partial charge in [-0.3, -0.25) is 4.57 Å². The Morgan fingerprint density at radius 3 is 2.67 bits per heavy atom. The Bertz CT molecular complexity index is 1340. The van der Waals surface area contributed by atoms with Crippen molar-refractivity contribution in [2.75, 3.05) is 5.32 Å². The maximum atomic E-state index is 16.1. The quantitative estimate of drug-likeness (QED) is 0.328. The molecule has 0 spiro atoms. The van der Waals surface area contributed by atoms with Crippen LogP contribution >= 0.6 is 22.6 Å². The number of nitrogens with zero attached hydrogens (tertiary/aromatic N) is 3. The molecule has 2 aromatic heterocycles. The lowest BCUT2D eigenvalue weighted by atomic mass is 9.95. The zero-order valence-electron chi connectivity index (χ0n) is 17.0. The Kier molecular flexibility index (Phi) is 4.22. The lowest BCUT2D eigenvalue weighted by molar-refractivity contribution is 0.516. The van der Waals surface area contributed by atoms with Crippen molar-refractivity contribution in [3.05, 3.63) is 56.8 Å². The SMILES string of the molecule is CCc1nnc2n1-c1c(cc(F)c(-c3cc(C)cc4c(I)c[nH]c34)c1F)NC2(C)C. The number of anilines is 1. The number of hydrogen-bond acceptors (Lipinski definition) is 3. The van der Waals surface area contributed by atoms with E-state index in [2.05, 4.69) is 43.1 Å². The van der Waals surface area contributed by atoms with Gasteiger partial charge in [-0.1, -0.05) is 6.92 Å². The van der Waals surface area contributed by atoms with Crippen LogP contribution in [0.3, 0.4) is 0 Å². The van der Waals surface area contributed by atoms with E-state index in [-0.39, 0.29) is 11.3 Å². The molecule has 1 aliphatic heterocycles. The molecule has 2 N–H and O–H groups in total.